The van der Waals surface area contributed by atoms with Gasteiger partial charge < -0.3 is 10.6 Å². The highest BCUT2D eigenvalue weighted by atomic mass is 19.4. The van der Waals surface area contributed by atoms with Crippen LogP contribution >= 0.6 is 0 Å². The first kappa shape index (κ1) is 15.7. The first-order chi connectivity index (χ1) is 9.98. The van der Waals surface area contributed by atoms with E-state index in [4.69, 9.17) is 0 Å². The molecule has 0 bridgehead atoms. The lowest BCUT2D eigenvalue weighted by Gasteiger charge is -2.27. The Morgan fingerprint density at radius 2 is 2.10 bits per heavy atom. The van der Waals surface area contributed by atoms with E-state index >= 15 is 0 Å². The Labute approximate surface area is 120 Å². The van der Waals surface area contributed by atoms with Crippen molar-refractivity contribution < 1.29 is 18.0 Å². The van der Waals surface area contributed by atoms with Gasteiger partial charge in [0.15, 0.2) is 0 Å². The summed E-state index contributed by atoms with van der Waals surface area (Å²) in [5.41, 5.74) is -1.40. The van der Waals surface area contributed by atoms with Crippen LogP contribution in [0.25, 0.3) is 0 Å². The van der Waals surface area contributed by atoms with Crippen LogP contribution in [0.4, 0.5) is 13.2 Å². The third-order valence-electron chi connectivity index (χ3n) is 3.29. The van der Waals surface area contributed by atoms with Crippen molar-refractivity contribution in [2.45, 2.75) is 6.18 Å². The van der Waals surface area contributed by atoms with Gasteiger partial charge >= 0.3 is 6.18 Å². The number of pyridine rings is 1. The largest absolute Gasteiger partial charge is 0.418 e. The summed E-state index contributed by atoms with van der Waals surface area (Å²) >= 11 is 0. The normalized spacial score (nSPS) is 16.7. The van der Waals surface area contributed by atoms with E-state index in [1.54, 1.807) is 0 Å². The zero-order chi connectivity index (χ0) is 15.3. The van der Waals surface area contributed by atoms with E-state index in [0.29, 0.717) is 19.3 Å². The lowest BCUT2D eigenvalue weighted by atomic mass is 10.1. The summed E-state index contributed by atoms with van der Waals surface area (Å²) in [6.07, 6.45) is -2.73. The number of hydrogen-bond acceptors (Lipinski definition) is 4. The highest BCUT2D eigenvalue weighted by molar-refractivity contribution is 5.95. The van der Waals surface area contributed by atoms with Crippen molar-refractivity contribution in [3.63, 3.8) is 0 Å². The van der Waals surface area contributed by atoms with Gasteiger partial charge in [-0.25, -0.2) is 0 Å². The van der Waals surface area contributed by atoms with Gasteiger partial charge in [0.05, 0.1) is 11.1 Å². The minimum atomic E-state index is -4.58. The molecule has 1 aliphatic rings. The molecule has 1 saturated heterocycles. The maximum Gasteiger partial charge on any atom is 0.418 e. The molecule has 0 aromatic carbocycles. The number of hydrogen-bond donors (Lipinski definition) is 2. The fourth-order valence-corrected chi connectivity index (χ4v) is 2.18. The second-order valence-electron chi connectivity index (χ2n) is 4.77. The number of halogens is 3. The van der Waals surface area contributed by atoms with Crippen molar-refractivity contribution in [2.24, 2.45) is 0 Å². The van der Waals surface area contributed by atoms with E-state index in [1.165, 1.54) is 6.20 Å². The molecule has 1 fully saturated rings. The van der Waals surface area contributed by atoms with Gasteiger partial charge in [-0.2, -0.15) is 13.2 Å². The van der Waals surface area contributed by atoms with Crippen molar-refractivity contribution >= 4 is 5.91 Å². The molecule has 1 amide bonds. The first-order valence-corrected chi connectivity index (χ1v) is 6.71. The Hall–Kier alpha value is -1.67. The zero-order valence-corrected chi connectivity index (χ0v) is 11.4. The van der Waals surface area contributed by atoms with Crippen LogP contribution < -0.4 is 10.6 Å². The van der Waals surface area contributed by atoms with Gasteiger partial charge in [-0.05, 0) is 6.07 Å². The van der Waals surface area contributed by atoms with E-state index in [2.05, 4.69) is 20.5 Å². The Morgan fingerprint density at radius 3 is 2.76 bits per heavy atom. The molecule has 0 atom stereocenters. The Kier molecular flexibility index (Phi) is 5.13. The van der Waals surface area contributed by atoms with E-state index in [9.17, 15) is 18.0 Å². The molecule has 1 aromatic rings. The van der Waals surface area contributed by atoms with Crippen LogP contribution in [0.5, 0.6) is 0 Å². The summed E-state index contributed by atoms with van der Waals surface area (Å²) < 4.78 is 38.4. The van der Waals surface area contributed by atoms with E-state index in [0.717, 1.165) is 32.2 Å². The lowest BCUT2D eigenvalue weighted by Crippen LogP contribution is -2.46. The quantitative estimate of drug-likeness (QED) is 0.861. The van der Waals surface area contributed by atoms with Crippen molar-refractivity contribution in [2.75, 3.05) is 39.3 Å². The molecule has 0 aliphatic carbocycles. The smallest absolute Gasteiger partial charge is 0.351 e. The third kappa shape index (κ3) is 4.40. The number of carbonyl (C=O) groups is 1. The predicted molar refractivity (Wildman–Crippen MR) is 70.9 cm³/mol. The van der Waals surface area contributed by atoms with Crippen molar-refractivity contribution in [3.05, 3.63) is 29.6 Å². The van der Waals surface area contributed by atoms with E-state index in [-0.39, 0.29) is 0 Å². The van der Waals surface area contributed by atoms with Gasteiger partial charge in [0.2, 0.25) is 0 Å². The molecule has 2 heterocycles. The number of piperazine rings is 1. The van der Waals surface area contributed by atoms with Gasteiger partial charge in [-0.15, -0.1) is 0 Å². The van der Waals surface area contributed by atoms with E-state index < -0.39 is 23.2 Å². The highest BCUT2D eigenvalue weighted by Crippen LogP contribution is 2.31. The molecule has 2 N–H and O–H groups in total. The molecule has 116 valence electrons. The second-order valence-corrected chi connectivity index (χ2v) is 4.77. The SMILES string of the molecule is O=C(NCCN1CCNCC1)c1ccncc1C(F)(F)F. The van der Waals surface area contributed by atoms with Gasteiger partial charge in [-0.3, -0.25) is 14.7 Å². The number of nitrogens with zero attached hydrogens (tertiary/aromatic N) is 2. The molecular weight excluding hydrogens is 285 g/mol. The monoisotopic (exact) mass is 302 g/mol. The van der Waals surface area contributed by atoms with Crippen LogP contribution in [0, 0.1) is 0 Å². The molecule has 1 aromatic heterocycles. The van der Waals surface area contributed by atoms with E-state index in [1.807, 2.05) is 0 Å². The molecule has 8 heteroatoms. The maximum absolute atomic E-state index is 12.8. The molecule has 0 spiro atoms. The highest BCUT2D eigenvalue weighted by Gasteiger charge is 2.35. The fourth-order valence-electron chi connectivity index (χ4n) is 2.18. The summed E-state index contributed by atoms with van der Waals surface area (Å²) in [6, 6.07) is 1.09. The number of aromatic nitrogens is 1. The summed E-state index contributed by atoms with van der Waals surface area (Å²) in [6.45, 7) is 4.46. The van der Waals surface area contributed by atoms with Crippen LogP contribution in [0.3, 0.4) is 0 Å². The third-order valence-corrected chi connectivity index (χ3v) is 3.29. The standard InChI is InChI=1S/C13H17F3N4O/c14-13(15,16)11-9-18-2-1-10(11)12(21)19-5-8-20-6-3-17-4-7-20/h1-2,9,17H,3-8H2,(H,19,21). The summed E-state index contributed by atoms with van der Waals surface area (Å²) in [4.78, 5) is 17.5. The van der Waals surface area contributed by atoms with Crippen LogP contribution in [-0.2, 0) is 6.18 Å². The van der Waals surface area contributed by atoms with Crippen molar-refractivity contribution in [3.8, 4) is 0 Å². The van der Waals surface area contributed by atoms with Gasteiger partial charge in [0.25, 0.3) is 5.91 Å². The lowest BCUT2D eigenvalue weighted by molar-refractivity contribution is -0.138. The van der Waals surface area contributed by atoms with Gasteiger partial charge in [0.1, 0.15) is 0 Å². The number of nitrogens with one attached hydrogen (secondary N) is 2. The molecule has 1 aliphatic heterocycles. The molecular formula is C13H17F3N4O. The summed E-state index contributed by atoms with van der Waals surface area (Å²) in [5.74, 6) is -0.722. The average molecular weight is 302 g/mol. The number of alkyl halides is 3. The predicted octanol–water partition coefficient (Wildman–Crippen LogP) is 0.735. The first-order valence-electron chi connectivity index (χ1n) is 6.71. The number of rotatable bonds is 4. The van der Waals surface area contributed by atoms with Crippen LogP contribution in [0.15, 0.2) is 18.5 Å². The average Bonchev–Trinajstić information content (AvgIpc) is 2.47. The zero-order valence-electron chi connectivity index (χ0n) is 11.4. The fraction of sp³-hybridized carbons (Fsp3) is 0.538. The minimum Gasteiger partial charge on any atom is -0.351 e. The molecule has 0 saturated carbocycles. The van der Waals surface area contributed by atoms with Crippen LogP contribution in [0.1, 0.15) is 15.9 Å². The second kappa shape index (κ2) is 6.86. The van der Waals surface area contributed by atoms with Crippen LogP contribution in [0.2, 0.25) is 0 Å². The summed E-state index contributed by atoms with van der Waals surface area (Å²) in [5, 5.41) is 5.73. The molecule has 5 nitrogen and oxygen atoms in total. The Balaban J connectivity index is 1.91. The van der Waals surface area contributed by atoms with Crippen molar-refractivity contribution in [1.29, 1.82) is 0 Å². The van der Waals surface area contributed by atoms with Crippen LogP contribution in [-0.4, -0.2) is 55.1 Å². The molecule has 0 unspecified atom stereocenters. The van der Waals surface area contributed by atoms with Crippen molar-refractivity contribution in [1.82, 2.24) is 20.5 Å². The molecule has 2 rings (SSSR count). The number of carbonyl (C=O) groups excluding carboxylic acids is 1. The Morgan fingerprint density at radius 1 is 1.38 bits per heavy atom. The van der Waals surface area contributed by atoms with Gasteiger partial charge in [-0.1, -0.05) is 0 Å². The maximum atomic E-state index is 12.8. The topological polar surface area (TPSA) is 57.3 Å². The Bertz CT molecular complexity index is 487. The number of amides is 1. The molecule has 21 heavy (non-hydrogen) atoms. The minimum absolute atomic E-state index is 0.318. The van der Waals surface area contributed by atoms with Gasteiger partial charge in [0, 0.05) is 51.7 Å². The summed E-state index contributed by atoms with van der Waals surface area (Å²) in [7, 11) is 0. The molecule has 0 radical (unpaired) electrons.